The van der Waals surface area contributed by atoms with Gasteiger partial charge in [0.05, 0.1) is 6.21 Å². The van der Waals surface area contributed by atoms with Crippen molar-refractivity contribution < 1.29 is 19.4 Å². The monoisotopic (exact) mass is 355 g/mol. The molecule has 0 aliphatic heterocycles. The van der Waals surface area contributed by atoms with Crippen LogP contribution in [0.4, 0.5) is 10.5 Å². The average molecular weight is 355 g/mol. The van der Waals surface area contributed by atoms with Gasteiger partial charge < -0.3 is 15.2 Å². The van der Waals surface area contributed by atoms with Crippen LogP contribution in [-0.4, -0.2) is 29.4 Å². The van der Waals surface area contributed by atoms with Crippen LogP contribution in [0.2, 0.25) is 0 Å². The number of carboxylic acid groups (broad SMARTS) is 1. The van der Waals surface area contributed by atoms with Crippen molar-refractivity contribution in [2.75, 3.05) is 5.32 Å². The van der Waals surface area contributed by atoms with Crippen LogP contribution in [0, 0.1) is 13.8 Å². The Morgan fingerprint density at radius 2 is 1.73 bits per heavy atom. The van der Waals surface area contributed by atoms with Gasteiger partial charge in [-0.15, -0.1) is 0 Å². The molecule has 7 nitrogen and oxygen atoms in total. The summed E-state index contributed by atoms with van der Waals surface area (Å²) in [6.07, 6.45) is 0.552. The molecule has 0 aliphatic rings. The predicted octanol–water partition coefficient (Wildman–Crippen LogP) is 3.31. The lowest BCUT2D eigenvalue weighted by Crippen LogP contribution is -2.24. The molecule has 136 valence electrons. The van der Waals surface area contributed by atoms with E-state index in [0.29, 0.717) is 11.4 Å². The topological polar surface area (TPSA) is 100 Å². The number of urea groups is 1. The molecule has 0 bridgehead atoms. The van der Waals surface area contributed by atoms with Crippen LogP contribution < -0.4 is 15.5 Å². The number of hydrazone groups is 1. The minimum absolute atomic E-state index is 0.442. The molecule has 0 saturated carbocycles. The zero-order valence-corrected chi connectivity index (χ0v) is 14.8. The van der Waals surface area contributed by atoms with Crippen molar-refractivity contribution in [3.8, 4) is 5.75 Å². The summed E-state index contributed by atoms with van der Waals surface area (Å²) in [6.45, 7) is 5.37. The molecule has 7 heteroatoms. The summed E-state index contributed by atoms with van der Waals surface area (Å²) >= 11 is 0. The number of rotatable bonds is 6. The molecule has 3 N–H and O–H groups in total. The molecule has 0 heterocycles. The normalized spacial score (nSPS) is 11.8. The summed E-state index contributed by atoms with van der Waals surface area (Å²) in [6, 6.07) is 12.0. The van der Waals surface area contributed by atoms with Crippen molar-refractivity contribution in [1.29, 1.82) is 0 Å². The number of carboxylic acids is 1. The quantitative estimate of drug-likeness (QED) is 0.547. The third kappa shape index (κ3) is 5.94. The molecule has 0 spiro atoms. The summed E-state index contributed by atoms with van der Waals surface area (Å²) < 4.78 is 5.24. The van der Waals surface area contributed by atoms with E-state index in [1.54, 1.807) is 24.3 Å². The number of benzene rings is 2. The first kappa shape index (κ1) is 19.0. The summed E-state index contributed by atoms with van der Waals surface area (Å²) in [5.74, 6) is -0.591. The third-order valence-corrected chi connectivity index (χ3v) is 3.40. The Morgan fingerprint density at radius 1 is 1.12 bits per heavy atom. The summed E-state index contributed by atoms with van der Waals surface area (Å²) in [7, 11) is 0. The number of nitrogens with zero attached hydrogens (tertiary/aromatic N) is 1. The average Bonchev–Trinajstić information content (AvgIpc) is 2.55. The summed E-state index contributed by atoms with van der Waals surface area (Å²) in [4.78, 5) is 22.6. The van der Waals surface area contributed by atoms with E-state index in [0.717, 1.165) is 16.7 Å². The smallest absolute Gasteiger partial charge is 0.344 e. The van der Waals surface area contributed by atoms with E-state index in [1.807, 2.05) is 32.0 Å². The van der Waals surface area contributed by atoms with Crippen LogP contribution in [0.1, 0.15) is 23.6 Å². The highest BCUT2D eigenvalue weighted by Gasteiger charge is 2.11. The Balaban J connectivity index is 1.87. The van der Waals surface area contributed by atoms with Crippen LogP contribution in [0.3, 0.4) is 0 Å². The second-order valence-electron chi connectivity index (χ2n) is 5.87. The molecule has 0 fully saturated rings. The van der Waals surface area contributed by atoms with Crippen molar-refractivity contribution >= 4 is 23.9 Å². The summed E-state index contributed by atoms with van der Waals surface area (Å²) in [5, 5.41) is 15.4. The molecule has 2 rings (SSSR count). The van der Waals surface area contributed by atoms with Gasteiger partial charge in [-0.05, 0) is 73.9 Å². The number of hydrogen-bond acceptors (Lipinski definition) is 4. The number of aliphatic carboxylic acids is 1. The van der Waals surface area contributed by atoms with Gasteiger partial charge >= 0.3 is 12.0 Å². The number of hydrogen-bond donors (Lipinski definition) is 3. The van der Waals surface area contributed by atoms with E-state index in [-0.39, 0.29) is 0 Å². The minimum Gasteiger partial charge on any atom is -0.479 e. The second kappa shape index (κ2) is 8.66. The molecule has 0 saturated heterocycles. The van der Waals surface area contributed by atoms with Gasteiger partial charge in [-0.2, -0.15) is 5.10 Å². The lowest BCUT2D eigenvalue weighted by Gasteiger charge is -2.10. The van der Waals surface area contributed by atoms with Crippen LogP contribution in [0.25, 0.3) is 0 Å². The highest BCUT2D eigenvalue weighted by atomic mass is 16.5. The molecule has 2 aromatic rings. The van der Waals surface area contributed by atoms with Crippen molar-refractivity contribution in [1.82, 2.24) is 5.43 Å². The molecule has 1 atom stereocenters. The Kier molecular flexibility index (Phi) is 6.32. The Labute approximate surface area is 151 Å². The summed E-state index contributed by atoms with van der Waals surface area (Å²) in [5.41, 5.74) is 5.94. The third-order valence-electron chi connectivity index (χ3n) is 3.40. The number of carbonyl (C=O) groups excluding carboxylic acids is 1. The molecule has 0 unspecified atom stereocenters. The first-order valence-corrected chi connectivity index (χ1v) is 8.01. The zero-order valence-electron chi connectivity index (χ0n) is 14.8. The molecule has 2 aromatic carbocycles. The van der Waals surface area contributed by atoms with Crippen molar-refractivity contribution in [3.05, 3.63) is 59.2 Å². The number of aryl methyl sites for hydroxylation is 2. The van der Waals surface area contributed by atoms with Crippen molar-refractivity contribution in [2.24, 2.45) is 5.10 Å². The largest absolute Gasteiger partial charge is 0.479 e. The standard InChI is InChI=1S/C19H21N3O4/c1-12-8-13(2)10-16(9-12)21-19(25)22-20-11-15-4-6-17(7-5-15)26-14(3)18(23)24/h4-11,14H,1-3H3,(H,23,24)(H2,21,22,25)/b20-11+/t14-/m0/s1. The Hall–Kier alpha value is -3.35. The van der Waals surface area contributed by atoms with Crippen LogP contribution >= 0.6 is 0 Å². The lowest BCUT2D eigenvalue weighted by molar-refractivity contribution is -0.144. The van der Waals surface area contributed by atoms with Gasteiger partial charge in [0, 0.05) is 5.69 Å². The van der Waals surface area contributed by atoms with E-state index in [1.165, 1.54) is 13.1 Å². The van der Waals surface area contributed by atoms with Crippen molar-refractivity contribution in [2.45, 2.75) is 26.9 Å². The van der Waals surface area contributed by atoms with E-state index in [4.69, 9.17) is 9.84 Å². The van der Waals surface area contributed by atoms with Gasteiger partial charge in [-0.1, -0.05) is 6.07 Å². The van der Waals surface area contributed by atoms with Gasteiger partial charge in [0.25, 0.3) is 0 Å². The predicted molar refractivity (Wildman–Crippen MR) is 99.8 cm³/mol. The molecular weight excluding hydrogens is 334 g/mol. The molecule has 0 aliphatic carbocycles. The molecular formula is C19H21N3O4. The maximum Gasteiger partial charge on any atom is 0.344 e. The number of ether oxygens (including phenoxy) is 1. The molecule has 2 amide bonds. The van der Waals surface area contributed by atoms with Crippen LogP contribution in [-0.2, 0) is 4.79 Å². The molecule has 26 heavy (non-hydrogen) atoms. The second-order valence-corrected chi connectivity index (χ2v) is 5.87. The van der Waals surface area contributed by atoms with E-state index in [2.05, 4.69) is 15.8 Å². The number of anilines is 1. The Bertz CT molecular complexity index is 796. The fourth-order valence-electron chi connectivity index (χ4n) is 2.26. The van der Waals surface area contributed by atoms with Crippen molar-refractivity contribution in [3.63, 3.8) is 0 Å². The van der Waals surface area contributed by atoms with Crippen LogP contribution in [0.15, 0.2) is 47.6 Å². The van der Waals surface area contributed by atoms with Gasteiger partial charge in [0.15, 0.2) is 6.10 Å². The van der Waals surface area contributed by atoms with E-state index < -0.39 is 18.1 Å². The maximum atomic E-state index is 11.9. The number of amides is 2. The van der Waals surface area contributed by atoms with Gasteiger partial charge in [-0.3, -0.25) is 0 Å². The van der Waals surface area contributed by atoms with E-state index >= 15 is 0 Å². The number of nitrogens with one attached hydrogen (secondary N) is 2. The molecule has 0 aromatic heterocycles. The van der Waals surface area contributed by atoms with E-state index in [9.17, 15) is 9.59 Å². The van der Waals surface area contributed by atoms with Gasteiger partial charge in [0.2, 0.25) is 0 Å². The highest BCUT2D eigenvalue weighted by Crippen LogP contribution is 2.14. The SMILES string of the molecule is Cc1cc(C)cc(NC(=O)N/N=C/c2ccc(O[C@@H](C)C(=O)O)cc2)c1. The van der Waals surface area contributed by atoms with Crippen LogP contribution in [0.5, 0.6) is 5.75 Å². The first-order valence-electron chi connectivity index (χ1n) is 8.01. The zero-order chi connectivity index (χ0) is 19.1. The first-order chi connectivity index (χ1) is 12.3. The van der Waals surface area contributed by atoms with Gasteiger partial charge in [-0.25, -0.2) is 15.0 Å². The fraction of sp³-hybridized carbons (Fsp3) is 0.211. The number of carbonyl (C=O) groups is 2. The maximum absolute atomic E-state index is 11.9. The lowest BCUT2D eigenvalue weighted by atomic mass is 10.1. The Morgan fingerprint density at radius 3 is 2.31 bits per heavy atom. The molecule has 0 radical (unpaired) electrons. The van der Waals surface area contributed by atoms with Gasteiger partial charge in [0.1, 0.15) is 5.75 Å². The highest BCUT2D eigenvalue weighted by molar-refractivity contribution is 5.90. The minimum atomic E-state index is -1.03. The fourth-order valence-corrected chi connectivity index (χ4v) is 2.26.